The van der Waals surface area contributed by atoms with E-state index in [0.29, 0.717) is 24.8 Å². The number of carbonyl (C=O) groups excluding carboxylic acids is 1. The summed E-state index contributed by atoms with van der Waals surface area (Å²) in [7, 11) is 1.69. The molecular formula is C11H14ClN3O2. The van der Waals surface area contributed by atoms with Crippen LogP contribution in [0.15, 0.2) is 6.20 Å². The zero-order chi connectivity index (χ0) is 12.3. The van der Waals surface area contributed by atoms with Crippen LogP contribution in [0.3, 0.4) is 0 Å². The summed E-state index contributed by atoms with van der Waals surface area (Å²) < 4.78 is 5.17. The first-order valence-corrected chi connectivity index (χ1v) is 5.87. The van der Waals surface area contributed by atoms with Crippen LogP contribution in [0.2, 0.25) is 5.15 Å². The maximum Gasteiger partial charge on any atom is 0.171 e. The Labute approximate surface area is 105 Å². The molecule has 0 amide bonds. The maximum atomic E-state index is 10.6. The summed E-state index contributed by atoms with van der Waals surface area (Å²) in [5, 5.41) is 0.153. The molecule has 1 atom stereocenters. The Bertz CT molecular complexity index is 414. The van der Waals surface area contributed by atoms with Gasteiger partial charge in [-0.1, -0.05) is 11.6 Å². The first kappa shape index (κ1) is 12.3. The largest absolute Gasteiger partial charge is 0.383 e. The molecule has 0 aromatic carbocycles. The van der Waals surface area contributed by atoms with Gasteiger partial charge in [0.15, 0.2) is 11.4 Å². The van der Waals surface area contributed by atoms with Crippen molar-refractivity contribution in [2.24, 2.45) is 0 Å². The molecule has 92 valence electrons. The quantitative estimate of drug-likeness (QED) is 0.765. The molecule has 0 spiro atoms. The van der Waals surface area contributed by atoms with Crippen molar-refractivity contribution in [1.82, 2.24) is 9.97 Å². The Hall–Kier alpha value is -1.20. The molecule has 0 aliphatic carbocycles. The Balaban J connectivity index is 2.21. The van der Waals surface area contributed by atoms with Gasteiger partial charge in [0.2, 0.25) is 0 Å². The highest BCUT2D eigenvalue weighted by molar-refractivity contribution is 6.31. The molecule has 1 aliphatic rings. The molecule has 1 aliphatic heterocycles. The van der Waals surface area contributed by atoms with Crippen LogP contribution in [0.4, 0.5) is 5.82 Å². The van der Waals surface area contributed by atoms with Gasteiger partial charge in [-0.25, -0.2) is 9.97 Å². The van der Waals surface area contributed by atoms with Crippen molar-refractivity contribution in [2.45, 2.75) is 18.9 Å². The number of hydrogen-bond acceptors (Lipinski definition) is 5. The zero-order valence-corrected chi connectivity index (χ0v) is 10.4. The minimum atomic E-state index is 0.153. The number of anilines is 1. The van der Waals surface area contributed by atoms with E-state index in [1.165, 1.54) is 0 Å². The van der Waals surface area contributed by atoms with Crippen LogP contribution in [0.1, 0.15) is 23.3 Å². The second-order valence-corrected chi connectivity index (χ2v) is 4.32. The fourth-order valence-corrected chi connectivity index (χ4v) is 2.27. The van der Waals surface area contributed by atoms with Gasteiger partial charge >= 0.3 is 0 Å². The van der Waals surface area contributed by atoms with E-state index in [9.17, 15) is 4.79 Å². The molecular weight excluding hydrogens is 242 g/mol. The van der Waals surface area contributed by atoms with Gasteiger partial charge in [-0.05, 0) is 12.8 Å². The number of rotatable bonds is 4. The summed E-state index contributed by atoms with van der Waals surface area (Å²) in [6.45, 7) is 1.58. The number of methoxy groups -OCH3 is 1. The lowest BCUT2D eigenvalue weighted by atomic mass is 10.2. The van der Waals surface area contributed by atoms with E-state index < -0.39 is 0 Å². The third-order valence-corrected chi connectivity index (χ3v) is 3.16. The molecule has 1 fully saturated rings. The van der Waals surface area contributed by atoms with Crippen LogP contribution in [-0.4, -0.2) is 42.6 Å². The maximum absolute atomic E-state index is 10.6. The fraction of sp³-hybridized carbons (Fsp3) is 0.545. The average Bonchev–Trinajstić information content (AvgIpc) is 2.78. The number of halogens is 1. The van der Waals surface area contributed by atoms with Gasteiger partial charge in [0, 0.05) is 13.7 Å². The summed E-state index contributed by atoms with van der Waals surface area (Å²) in [5.74, 6) is 0.708. The Morgan fingerprint density at radius 2 is 2.53 bits per heavy atom. The highest BCUT2D eigenvalue weighted by Crippen LogP contribution is 2.25. The Morgan fingerprint density at radius 1 is 1.71 bits per heavy atom. The molecule has 0 bridgehead atoms. The van der Waals surface area contributed by atoms with E-state index in [1.807, 2.05) is 0 Å². The summed E-state index contributed by atoms with van der Waals surface area (Å²) in [4.78, 5) is 20.9. The van der Waals surface area contributed by atoms with Crippen molar-refractivity contribution < 1.29 is 9.53 Å². The summed E-state index contributed by atoms with van der Waals surface area (Å²) >= 11 is 5.87. The topological polar surface area (TPSA) is 55.3 Å². The van der Waals surface area contributed by atoms with E-state index in [2.05, 4.69) is 14.9 Å². The van der Waals surface area contributed by atoms with Gasteiger partial charge < -0.3 is 9.64 Å². The van der Waals surface area contributed by atoms with E-state index >= 15 is 0 Å². The standard InChI is InChI=1S/C11H14ClN3O2/c1-17-7-8-3-2-4-15(8)10-5-13-9(6-16)11(12)14-10/h5-6,8H,2-4,7H2,1H3. The van der Waals surface area contributed by atoms with Crippen molar-refractivity contribution in [3.8, 4) is 0 Å². The second kappa shape index (κ2) is 5.42. The molecule has 1 aromatic rings. The molecule has 2 heterocycles. The lowest BCUT2D eigenvalue weighted by molar-refractivity contribution is 0.111. The SMILES string of the molecule is COCC1CCCN1c1cnc(C=O)c(Cl)n1. The van der Waals surface area contributed by atoms with Crippen molar-refractivity contribution in [3.05, 3.63) is 17.0 Å². The monoisotopic (exact) mass is 255 g/mol. The van der Waals surface area contributed by atoms with Crippen LogP contribution in [-0.2, 0) is 4.74 Å². The first-order valence-electron chi connectivity index (χ1n) is 5.49. The predicted molar refractivity (Wildman–Crippen MR) is 64.7 cm³/mol. The van der Waals surface area contributed by atoms with E-state index in [0.717, 1.165) is 19.4 Å². The van der Waals surface area contributed by atoms with Crippen molar-refractivity contribution in [3.63, 3.8) is 0 Å². The smallest absolute Gasteiger partial charge is 0.171 e. The van der Waals surface area contributed by atoms with Gasteiger partial charge in [-0.3, -0.25) is 4.79 Å². The van der Waals surface area contributed by atoms with Crippen molar-refractivity contribution in [1.29, 1.82) is 0 Å². The number of nitrogens with zero attached hydrogens (tertiary/aromatic N) is 3. The van der Waals surface area contributed by atoms with Gasteiger partial charge in [0.25, 0.3) is 0 Å². The minimum absolute atomic E-state index is 0.153. The molecule has 0 saturated carbocycles. The van der Waals surface area contributed by atoms with Crippen molar-refractivity contribution in [2.75, 3.05) is 25.2 Å². The molecule has 5 nitrogen and oxygen atoms in total. The van der Waals surface area contributed by atoms with Crippen LogP contribution < -0.4 is 4.90 Å². The molecule has 6 heteroatoms. The van der Waals surface area contributed by atoms with Crippen LogP contribution in [0, 0.1) is 0 Å². The molecule has 0 radical (unpaired) electrons. The average molecular weight is 256 g/mol. The number of aromatic nitrogens is 2. The van der Waals surface area contributed by atoms with E-state index in [4.69, 9.17) is 16.3 Å². The highest BCUT2D eigenvalue weighted by atomic mass is 35.5. The van der Waals surface area contributed by atoms with Crippen molar-refractivity contribution >= 4 is 23.7 Å². The predicted octanol–water partition coefficient (Wildman–Crippen LogP) is 1.56. The minimum Gasteiger partial charge on any atom is -0.383 e. The van der Waals surface area contributed by atoms with Crippen LogP contribution in [0.25, 0.3) is 0 Å². The first-order chi connectivity index (χ1) is 8.26. The fourth-order valence-electron chi connectivity index (χ4n) is 2.09. The van der Waals surface area contributed by atoms with E-state index in [-0.39, 0.29) is 10.8 Å². The number of aldehydes is 1. The Kier molecular flexibility index (Phi) is 3.91. The third kappa shape index (κ3) is 2.56. The normalized spacial score (nSPS) is 19.6. The highest BCUT2D eigenvalue weighted by Gasteiger charge is 2.26. The summed E-state index contributed by atoms with van der Waals surface area (Å²) in [6, 6.07) is 0.312. The molecule has 1 unspecified atom stereocenters. The van der Waals surface area contributed by atoms with Gasteiger partial charge in [0.1, 0.15) is 11.5 Å². The lowest BCUT2D eigenvalue weighted by Crippen LogP contribution is -2.33. The molecule has 2 rings (SSSR count). The van der Waals surface area contributed by atoms with Gasteiger partial charge in [-0.2, -0.15) is 0 Å². The summed E-state index contributed by atoms with van der Waals surface area (Å²) in [6.07, 6.45) is 4.37. The summed E-state index contributed by atoms with van der Waals surface area (Å²) in [5.41, 5.74) is 0.179. The van der Waals surface area contributed by atoms with Gasteiger partial charge in [-0.15, -0.1) is 0 Å². The third-order valence-electron chi connectivity index (χ3n) is 2.89. The number of ether oxygens (including phenoxy) is 1. The molecule has 17 heavy (non-hydrogen) atoms. The zero-order valence-electron chi connectivity index (χ0n) is 9.60. The molecule has 0 N–H and O–H groups in total. The Morgan fingerprint density at radius 3 is 3.18 bits per heavy atom. The lowest BCUT2D eigenvalue weighted by Gasteiger charge is -2.24. The van der Waals surface area contributed by atoms with E-state index in [1.54, 1.807) is 13.3 Å². The van der Waals surface area contributed by atoms with Crippen LogP contribution >= 0.6 is 11.6 Å². The van der Waals surface area contributed by atoms with Gasteiger partial charge in [0.05, 0.1) is 18.8 Å². The number of carbonyl (C=O) groups is 1. The second-order valence-electron chi connectivity index (χ2n) is 3.97. The number of hydrogen-bond donors (Lipinski definition) is 0. The molecule has 1 aromatic heterocycles. The molecule has 1 saturated heterocycles. The van der Waals surface area contributed by atoms with Crippen LogP contribution in [0.5, 0.6) is 0 Å².